The Bertz CT molecular complexity index is 818. The number of nitrogens with zero attached hydrogens (tertiary/aromatic N) is 6. The van der Waals surface area contributed by atoms with E-state index in [-0.39, 0.29) is 11.8 Å². The number of fused-ring (bicyclic) bond motifs is 1. The van der Waals surface area contributed by atoms with Crippen molar-refractivity contribution >= 4 is 23.0 Å². The van der Waals surface area contributed by atoms with E-state index in [1.54, 1.807) is 11.0 Å². The molecule has 1 aliphatic heterocycles. The molecule has 0 saturated carbocycles. The maximum absolute atomic E-state index is 12.6. The van der Waals surface area contributed by atoms with Crippen LogP contribution in [0, 0.1) is 5.92 Å². The molecule has 0 aliphatic carbocycles. The van der Waals surface area contributed by atoms with Crippen LogP contribution in [-0.2, 0) is 11.3 Å². The van der Waals surface area contributed by atoms with Gasteiger partial charge in [-0.15, -0.1) is 0 Å². The molecule has 130 valence electrons. The van der Waals surface area contributed by atoms with Crippen LogP contribution in [0.2, 0.25) is 0 Å². The van der Waals surface area contributed by atoms with Crippen molar-refractivity contribution in [1.29, 1.82) is 0 Å². The average Bonchev–Trinajstić information content (AvgIpc) is 3.30. The number of hydrogen-bond acceptors (Lipinski definition) is 6. The number of rotatable bonds is 4. The molecule has 8 heteroatoms. The standard InChI is InChI=1S/C17H20N6O2/c1-13(10-23-12-18-11-19-23)16(24)21-6-8-22(9-7-21)17-20-14-4-2-3-5-15(14)25-17/h2-5,11-13H,6-10H2,1H3/t13-/m0/s1. The zero-order chi connectivity index (χ0) is 17.2. The number of anilines is 1. The summed E-state index contributed by atoms with van der Waals surface area (Å²) >= 11 is 0. The molecule has 0 unspecified atom stereocenters. The molecule has 1 saturated heterocycles. The van der Waals surface area contributed by atoms with E-state index in [1.165, 1.54) is 6.33 Å². The Hall–Kier alpha value is -2.90. The molecule has 1 atom stereocenters. The third kappa shape index (κ3) is 3.19. The minimum Gasteiger partial charge on any atom is -0.423 e. The average molecular weight is 340 g/mol. The zero-order valence-electron chi connectivity index (χ0n) is 14.1. The summed E-state index contributed by atoms with van der Waals surface area (Å²) in [6, 6.07) is 8.36. The molecule has 3 heterocycles. The van der Waals surface area contributed by atoms with Gasteiger partial charge >= 0.3 is 0 Å². The summed E-state index contributed by atoms with van der Waals surface area (Å²) in [5.41, 5.74) is 1.65. The van der Waals surface area contributed by atoms with Crippen molar-refractivity contribution in [2.75, 3.05) is 31.1 Å². The molecule has 8 nitrogen and oxygen atoms in total. The van der Waals surface area contributed by atoms with Gasteiger partial charge < -0.3 is 14.2 Å². The van der Waals surface area contributed by atoms with E-state index in [9.17, 15) is 4.79 Å². The fraction of sp³-hybridized carbons (Fsp3) is 0.412. The minimum atomic E-state index is -0.127. The number of aromatic nitrogens is 4. The summed E-state index contributed by atoms with van der Waals surface area (Å²) in [4.78, 5) is 25.0. The molecule has 1 fully saturated rings. The summed E-state index contributed by atoms with van der Waals surface area (Å²) in [6.07, 6.45) is 3.12. The van der Waals surface area contributed by atoms with E-state index in [4.69, 9.17) is 4.42 Å². The van der Waals surface area contributed by atoms with Crippen LogP contribution >= 0.6 is 0 Å². The summed E-state index contributed by atoms with van der Waals surface area (Å²) in [7, 11) is 0. The van der Waals surface area contributed by atoms with Crippen LogP contribution < -0.4 is 4.90 Å². The third-order valence-electron chi connectivity index (χ3n) is 4.49. The van der Waals surface area contributed by atoms with E-state index in [0.717, 1.165) is 11.1 Å². The molecule has 1 aliphatic rings. The normalized spacial score (nSPS) is 16.4. The topological polar surface area (TPSA) is 80.3 Å². The Labute approximate surface area is 145 Å². The second-order valence-corrected chi connectivity index (χ2v) is 6.30. The van der Waals surface area contributed by atoms with Crippen LogP contribution in [0.5, 0.6) is 0 Å². The number of amides is 1. The fourth-order valence-corrected chi connectivity index (χ4v) is 3.11. The molecule has 0 bridgehead atoms. The predicted molar refractivity (Wildman–Crippen MR) is 92.0 cm³/mol. The van der Waals surface area contributed by atoms with Crippen LogP contribution in [0.3, 0.4) is 0 Å². The zero-order valence-corrected chi connectivity index (χ0v) is 14.1. The van der Waals surface area contributed by atoms with Crippen molar-refractivity contribution in [3.63, 3.8) is 0 Å². The lowest BCUT2D eigenvalue weighted by atomic mass is 10.1. The van der Waals surface area contributed by atoms with Crippen LogP contribution in [0.15, 0.2) is 41.3 Å². The first-order valence-corrected chi connectivity index (χ1v) is 8.42. The van der Waals surface area contributed by atoms with Gasteiger partial charge in [-0.05, 0) is 12.1 Å². The quantitative estimate of drug-likeness (QED) is 0.714. The summed E-state index contributed by atoms with van der Waals surface area (Å²) in [5.74, 6) is 0.0188. The maximum Gasteiger partial charge on any atom is 0.298 e. The van der Waals surface area contributed by atoms with Crippen LogP contribution in [-0.4, -0.2) is 56.7 Å². The molecule has 4 rings (SSSR count). The Balaban J connectivity index is 1.36. The van der Waals surface area contributed by atoms with Crippen molar-refractivity contribution in [2.45, 2.75) is 13.5 Å². The van der Waals surface area contributed by atoms with Gasteiger partial charge in [0.2, 0.25) is 5.91 Å². The van der Waals surface area contributed by atoms with Crippen molar-refractivity contribution in [3.05, 3.63) is 36.9 Å². The number of oxazole rings is 1. The molecule has 3 aromatic rings. The molecule has 1 amide bonds. The molecule has 0 N–H and O–H groups in total. The molecular formula is C17H20N6O2. The summed E-state index contributed by atoms with van der Waals surface area (Å²) in [6.45, 7) is 5.24. The largest absolute Gasteiger partial charge is 0.423 e. The Morgan fingerprint density at radius 1 is 1.24 bits per heavy atom. The van der Waals surface area contributed by atoms with Crippen molar-refractivity contribution in [3.8, 4) is 0 Å². The minimum absolute atomic E-state index is 0.127. The molecule has 0 spiro atoms. The second-order valence-electron chi connectivity index (χ2n) is 6.30. The third-order valence-corrected chi connectivity index (χ3v) is 4.49. The monoisotopic (exact) mass is 340 g/mol. The van der Waals surface area contributed by atoms with Gasteiger partial charge in [0, 0.05) is 26.2 Å². The lowest BCUT2D eigenvalue weighted by molar-refractivity contribution is -0.135. The van der Waals surface area contributed by atoms with Gasteiger partial charge in [0.15, 0.2) is 5.58 Å². The number of carbonyl (C=O) groups excluding carboxylic acids is 1. The van der Waals surface area contributed by atoms with E-state index >= 15 is 0 Å². The van der Waals surface area contributed by atoms with Crippen LogP contribution in [0.25, 0.3) is 11.1 Å². The fourth-order valence-electron chi connectivity index (χ4n) is 3.11. The van der Waals surface area contributed by atoms with Gasteiger partial charge in [0.05, 0.1) is 12.5 Å². The number of carbonyl (C=O) groups is 1. The van der Waals surface area contributed by atoms with E-state index in [0.29, 0.717) is 38.7 Å². The van der Waals surface area contributed by atoms with E-state index < -0.39 is 0 Å². The highest BCUT2D eigenvalue weighted by molar-refractivity contribution is 5.79. The molecule has 1 aromatic carbocycles. The predicted octanol–water partition coefficient (Wildman–Crippen LogP) is 1.40. The van der Waals surface area contributed by atoms with Crippen molar-refractivity contribution in [2.24, 2.45) is 5.92 Å². The molecule has 0 radical (unpaired) electrons. The number of para-hydroxylation sites is 2. The smallest absolute Gasteiger partial charge is 0.298 e. The van der Waals surface area contributed by atoms with Gasteiger partial charge in [0.25, 0.3) is 6.01 Å². The number of hydrogen-bond donors (Lipinski definition) is 0. The molecule has 25 heavy (non-hydrogen) atoms. The SMILES string of the molecule is C[C@@H](Cn1cncn1)C(=O)N1CCN(c2nc3ccccc3o2)CC1. The van der Waals surface area contributed by atoms with E-state index in [1.807, 2.05) is 36.1 Å². The highest BCUT2D eigenvalue weighted by Gasteiger charge is 2.27. The first-order valence-electron chi connectivity index (χ1n) is 8.42. The lowest BCUT2D eigenvalue weighted by Gasteiger charge is -2.35. The molecular weight excluding hydrogens is 320 g/mol. The first kappa shape index (κ1) is 15.6. The summed E-state index contributed by atoms with van der Waals surface area (Å²) < 4.78 is 7.51. The van der Waals surface area contributed by atoms with Crippen molar-refractivity contribution < 1.29 is 9.21 Å². The Morgan fingerprint density at radius 3 is 2.76 bits per heavy atom. The highest BCUT2D eigenvalue weighted by Crippen LogP contribution is 2.22. The van der Waals surface area contributed by atoms with Gasteiger partial charge in [-0.25, -0.2) is 4.98 Å². The van der Waals surface area contributed by atoms with Gasteiger partial charge in [-0.3, -0.25) is 9.48 Å². The van der Waals surface area contributed by atoms with Gasteiger partial charge in [-0.2, -0.15) is 10.1 Å². The maximum atomic E-state index is 12.6. The number of piperazine rings is 1. The Kier molecular flexibility index (Phi) is 4.09. The van der Waals surface area contributed by atoms with Gasteiger partial charge in [-0.1, -0.05) is 19.1 Å². The lowest BCUT2D eigenvalue weighted by Crippen LogP contribution is -2.50. The Morgan fingerprint density at radius 2 is 2.04 bits per heavy atom. The van der Waals surface area contributed by atoms with Crippen molar-refractivity contribution in [1.82, 2.24) is 24.6 Å². The van der Waals surface area contributed by atoms with E-state index in [2.05, 4.69) is 20.0 Å². The second kappa shape index (κ2) is 6.54. The summed E-state index contributed by atoms with van der Waals surface area (Å²) in [5, 5.41) is 4.06. The van der Waals surface area contributed by atoms with Crippen LogP contribution in [0.4, 0.5) is 6.01 Å². The number of benzene rings is 1. The van der Waals surface area contributed by atoms with Gasteiger partial charge in [0.1, 0.15) is 18.2 Å². The van der Waals surface area contributed by atoms with Crippen LogP contribution in [0.1, 0.15) is 6.92 Å². The first-order chi connectivity index (χ1) is 12.2. The molecule has 2 aromatic heterocycles. The highest BCUT2D eigenvalue weighted by atomic mass is 16.4.